The SMILES string of the molecule is Cc1noc(C)c1S(=O)(=O)Nc1ccc(Nc2ccc(F)c(Cl)c2)cn1. The third-order valence-corrected chi connectivity index (χ3v) is 5.34. The van der Waals surface area contributed by atoms with Crippen LogP contribution in [-0.2, 0) is 10.0 Å². The Kier molecular flexibility index (Phi) is 4.84. The number of halogens is 2. The van der Waals surface area contributed by atoms with Gasteiger partial charge in [0, 0.05) is 5.69 Å². The molecule has 0 fully saturated rings. The van der Waals surface area contributed by atoms with Crippen molar-refractivity contribution >= 4 is 38.8 Å². The molecule has 2 heterocycles. The maximum absolute atomic E-state index is 13.2. The van der Waals surface area contributed by atoms with E-state index in [4.69, 9.17) is 16.1 Å². The Morgan fingerprint density at radius 1 is 1.15 bits per heavy atom. The highest BCUT2D eigenvalue weighted by Gasteiger charge is 2.24. The van der Waals surface area contributed by atoms with Crippen molar-refractivity contribution in [1.29, 1.82) is 0 Å². The van der Waals surface area contributed by atoms with Gasteiger partial charge in [-0.2, -0.15) is 0 Å². The summed E-state index contributed by atoms with van der Waals surface area (Å²) in [6, 6.07) is 7.31. The van der Waals surface area contributed by atoms with Crippen LogP contribution in [0.2, 0.25) is 5.02 Å². The number of benzene rings is 1. The molecule has 2 N–H and O–H groups in total. The number of aryl methyl sites for hydroxylation is 2. The molecule has 0 bridgehead atoms. The standard InChI is InChI=1S/C16H14ClFN4O3S/c1-9-16(10(2)25-21-9)26(23,24)22-15-6-4-12(8-19-15)20-11-3-5-14(18)13(17)7-11/h3-8,20H,1-2H3,(H,19,22). The Bertz CT molecular complexity index is 1030. The van der Waals surface area contributed by atoms with Gasteiger partial charge in [-0.25, -0.2) is 17.8 Å². The van der Waals surface area contributed by atoms with Crippen LogP contribution >= 0.6 is 11.6 Å². The summed E-state index contributed by atoms with van der Waals surface area (Å²) >= 11 is 5.73. The number of nitrogens with one attached hydrogen (secondary N) is 2. The normalized spacial score (nSPS) is 11.4. The van der Waals surface area contributed by atoms with E-state index in [9.17, 15) is 12.8 Å². The molecule has 0 unspecified atom stereocenters. The molecule has 0 saturated carbocycles. The Hall–Kier alpha value is -2.65. The van der Waals surface area contributed by atoms with Crippen molar-refractivity contribution in [2.75, 3.05) is 10.0 Å². The van der Waals surface area contributed by atoms with Gasteiger partial charge in [0.15, 0.2) is 10.7 Å². The van der Waals surface area contributed by atoms with Crippen LogP contribution in [0.3, 0.4) is 0 Å². The molecule has 0 atom stereocenters. The lowest BCUT2D eigenvalue weighted by Gasteiger charge is -2.09. The minimum absolute atomic E-state index is 0.00759. The molecule has 10 heteroatoms. The molecule has 2 aromatic heterocycles. The molecule has 3 rings (SSSR count). The fourth-order valence-electron chi connectivity index (χ4n) is 2.32. The second-order valence-corrected chi connectivity index (χ2v) is 7.47. The molecule has 0 saturated heterocycles. The van der Waals surface area contributed by atoms with E-state index in [0.29, 0.717) is 11.4 Å². The largest absolute Gasteiger partial charge is 0.360 e. The molecule has 0 amide bonds. The highest BCUT2D eigenvalue weighted by molar-refractivity contribution is 7.92. The summed E-state index contributed by atoms with van der Waals surface area (Å²) in [5.74, 6) is -0.186. The molecule has 0 aliphatic carbocycles. The molecule has 0 spiro atoms. The number of sulfonamides is 1. The number of aromatic nitrogens is 2. The number of hydrogen-bond acceptors (Lipinski definition) is 6. The van der Waals surface area contributed by atoms with Gasteiger partial charge in [-0.05, 0) is 44.2 Å². The van der Waals surface area contributed by atoms with Crippen LogP contribution in [0.25, 0.3) is 0 Å². The number of anilines is 3. The van der Waals surface area contributed by atoms with Gasteiger partial charge in [-0.15, -0.1) is 0 Å². The smallest absolute Gasteiger partial charge is 0.268 e. The first-order chi connectivity index (χ1) is 12.3. The Morgan fingerprint density at radius 3 is 2.46 bits per heavy atom. The average molecular weight is 397 g/mol. The van der Waals surface area contributed by atoms with E-state index >= 15 is 0 Å². The van der Waals surface area contributed by atoms with Gasteiger partial charge >= 0.3 is 0 Å². The number of pyridine rings is 1. The highest BCUT2D eigenvalue weighted by Crippen LogP contribution is 2.24. The molecule has 3 aromatic rings. The topological polar surface area (TPSA) is 97.1 Å². The van der Waals surface area contributed by atoms with E-state index in [-0.39, 0.29) is 27.2 Å². The van der Waals surface area contributed by atoms with Gasteiger partial charge < -0.3 is 9.84 Å². The molecule has 0 radical (unpaired) electrons. The van der Waals surface area contributed by atoms with E-state index in [1.165, 1.54) is 37.4 Å². The summed E-state index contributed by atoms with van der Waals surface area (Å²) in [5, 5.41) is 6.62. The van der Waals surface area contributed by atoms with Crippen molar-refractivity contribution in [1.82, 2.24) is 10.1 Å². The van der Waals surface area contributed by atoms with Gasteiger partial charge in [-0.3, -0.25) is 4.72 Å². The zero-order valence-corrected chi connectivity index (χ0v) is 15.3. The van der Waals surface area contributed by atoms with E-state index in [2.05, 4.69) is 20.2 Å². The van der Waals surface area contributed by atoms with Crippen LogP contribution < -0.4 is 10.0 Å². The van der Waals surface area contributed by atoms with Gasteiger partial charge in [0.2, 0.25) is 0 Å². The average Bonchev–Trinajstić information content (AvgIpc) is 2.92. The second kappa shape index (κ2) is 6.93. The number of rotatable bonds is 5. The number of nitrogens with zero attached hydrogens (tertiary/aromatic N) is 2. The molecular weight excluding hydrogens is 383 g/mol. The first kappa shape index (κ1) is 18.2. The fourth-order valence-corrected chi connectivity index (χ4v) is 3.84. The third-order valence-electron chi connectivity index (χ3n) is 3.45. The van der Waals surface area contributed by atoms with Crippen LogP contribution in [0, 0.1) is 19.7 Å². The van der Waals surface area contributed by atoms with Crippen molar-refractivity contribution in [2.24, 2.45) is 0 Å². The van der Waals surface area contributed by atoms with Crippen LogP contribution in [0.5, 0.6) is 0 Å². The van der Waals surface area contributed by atoms with Crippen LogP contribution in [-0.4, -0.2) is 18.6 Å². The molecular formula is C16H14ClFN4O3S. The van der Waals surface area contributed by atoms with Gasteiger partial charge in [-0.1, -0.05) is 16.8 Å². The molecule has 136 valence electrons. The summed E-state index contributed by atoms with van der Waals surface area (Å²) in [7, 11) is -3.86. The Morgan fingerprint density at radius 2 is 1.88 bits per heavy atom. The summed E-state index contributed by atoms with van der Waals surface area (Å²) in [4.78, 5) is 4.05. The maximum atomic E-state index is 13.2. The lowest BCUT2D eigenvalue weighted by molar-refractivity contribution is 0.390. The molecule has 1 aromatic carbocycles. The fraction of sp³-hybridized carbons (Fsp3) is 0.125. The van der Waals surface area contributed by atoms with Crippen molar-refractivity contribution in [3.8, 4) is 0 Å². The highest BCUT2D eigenvalue weighted by atomic mass is 35.5. The predicted molar refractivity (Wildman–Crippen MR) is 95.7 cm³/mol. The van der Waals surface area contributed by atoms with Crippen LogP contribution in [0.4, 0.5) is 21.6 Å². The summed E-state index contributed by atoms with van der Waals surface area (Å²) in [6.45, 7) is 3.06. The summed E-state index contributed by atoms with van der Waals surface area (Å²) < 4.78 is 45.3. The van der Waals surface area contributed by atoms with Gasteiger partial charge in [0.1, 0.15) is 17.3 Å². The van der Waals surface area contributed by atoms with Gasteiger partial charge in [0.05, 0.1) is 16.9 Å². The summed E-state index contributed by atoms with van der Waals surface area (Å²) in [5.41, 5.74) is 1.41. The van der Waals surface area contributed by atoms with Crippen LogP contribution in [0.1, 0.15) is 11.5 Å². The number of hydrogen-bond donors (Lipinski definition) is 2. The van der Waals surface area contributed by atoms with Crippen LogP contribution in [0.15, 0.2) is 45.9 Å². The zero-order chi connectivity index (χ0) is 18.9. The minimum atomic E-state index is -3.86. The molecule has 0 aliphatic heterocycles. The van der Waals surface area contributed by atoms with Crippen molar-refractivity contribution in [3.05, 3.63) is 58.8 Å². The van der Waals surface area contributed by atoms with E-state index < -0.39 is 15.8 Å². The lowest BCUT2D eigenvalue weighted by atomic mass is 10.3. The zero-order valence-electron chi connectivity index (χ0n) is 13.7. The Balaban J connectivity index is 1.76. The third kappa shape index (κ3) is 3.78. The maximum Gasteiger partial charge on any atom is 0.268 e. The van der Waals surface area contributed by atoms with Crippen molar-refractivity contribution in [2.45, 2.75) is 18.7 Å². The predicted octanol–water partition coefficient (Wildman–Crippen LogP) is 4.02. The Labute approximate surface area is 154 Å². The monoisotopic (exact) mass is 396 g/mol. The van der Waals surface area contributed by atoms with Crippen molar-refractivity contribution in [3.63, 3.8) is 0 Å². The molecule has 0 aliphatic rings. The molecule has 26 heavy (non-hydrogen) atoms. The van der Waals surface area contributed by atoms with E-state index in [0.717, 1.165) is 0 Å². The van der Waals surface area contributed by atoms with E-state index in [1.54, 1.807) is 13.0 Å². The second-order valence-electron chi connectivity index (χ2n) is 5.44. The van der Waals surface area contributed by atoms with E-state index in [1.807, 2.05) is 0 Å². The minimum Gasteiger partial charge on any atom is -0.360 e. The van der Waals surface area contributed by atoms with Crippen molar-refractivity contribution < 1.29 is 17.3 Å². The lowest BCUT2D eigenvalue weighted by Crippen LogP contribution is -2.15. The first-order valence-electron chi connectivity index (χ1n) is 7.40. The molecule has 7 nitrogen and oxygen atoms in total. The summed E-state index contributed by atoms with van der Waals surface area (Å²) in [6.07, 6.45) is 1.43. The quantitative estimate of drug-likeness (QED) is 0.676. The van der Waals surface area contributed by atoms with Gasteiger partial charge in [0.25, 0.3) is 10.0 Å². The first-order valence-corrected chi connectivity index (χ1v) is 9.26.